The lowest BCUT2D eigenvalue weighted by Gasteiger charge is -2.16. The van der Waals surface area contributed by atoms with E-state index >= 15 is 0 Å². The van der Waals surface area contributed by atoms with Crippen molar-refractivity contribution < 1.29 is 19.3 Å². The van der Waals surface area contributed by atoms with Gasteiger partial charge in [0.15, 0.2) is 23.0 Å². The first-order valence-electron chi connectivity index (χ1n) is 10.3. The van der Waals surface area contributed by atoms with Crippen LogP contribution in [0, 0.1) is 0 Å². The summed E-state index contributed by atoms with van der Waals surface area (Å²) >= 11 is 0. The third-order valence-corrected chi connectivity index (χ3v) is 5.40. The van der Waals surface area contributed by atoms with Gasteiger partial charge in [0.05, 0.1) is 25.4 Å². The van der Waals surface area contributed by atoms with Crippen molar-refractivity contribution in [3.8, 4) is 28.7 Å². The second-order valence-electron chi connectivity index (χ2n) is 7.49. The van der Waals surface area contributed by atoms with Gasteiger partial charge in [-0.2, -0.15) is 0 Å². The minimum absolute atomic E-state index is 0.0635. The van der Waals surface area contributed by atoms with Gasteiger partial charge in [-0.15, -0.1) is 0 Å². The number of phenolic OH excluding ortho intramolecular Hbond substituents is 1. The molecule has 2 heterocycles. The molecule has 1 aliphatic rings. The maximum absolute atomic E-state index is 10.1. The molecule has 7 nitrogen and oxygen atoms in total. The number of hydrogen-bond donors (Lipinski definition) is 3. The Morgan fingerprint density at radius 2 is 1.69 bits per heavy atom. The van der Waals surface area contributed by atoms with Crippen molar-refractivity contribution in [1.82, 2.24) is 10.3 Å². The van der Waals surface area contributed by atoms with Gasteiger partial charge in [0.25, 0.3) is 0 Å². The van der Waals surface area contributed by atoms with Gasteiger partial charge >= 0.3 is 0 Å². The lowest BCUT2D eigenvalue weighted by molar-refractivity contribution is 0.374. The van der Waals surface area contributed by atoms with Crippen molar-refractivity contribution in [2.24, 2.45) is 0 Å². The van der Waals surface area contributed by atoms with Crippen LogP contribution in [0.1, 0.15) is 11.6 Å². The van der Waals surface area contributed by atoms with E-state index in [9.17, 15) is 5.11 Å². The number of pyridine rings is 1. The monoisotopic (exact) mass is 429 g/mol. The van der Waals surface area contributed by atoms with Crippen molar-refractivity contribution in [3.05, 3.63) is 72.4 Å². The zero-order chi connectivity index (χ0) is 22.1. The highest BCUT2D eigenvalue weighted by atomic mass is 16.5. The Kier molecular flexibility index (Phi) is 5.17. The summed E-state index contributed by atoms with van der Waals surface area (Å²) in [6.07, 6.45) is 1.85. The average molecular weight is 429 g/mol. The van der Waals surface area contributed by atoms with Gasteiger partial charge in [-0.3, -0.25) is 4.98 Å². The smallest absolute Gasteiger partial charge is 0.169 e. The number of aromatic hydroxyl groups is 1. The number of phenols is 1. The highest BCUT2D eigenvalue weighted by molar-refractivity contribution is 5.97. The molecule has 4 aromatic rings. The van der Waals surface area contributed by atoms with Crippen LogP contribution in [0.2, 0.25) is 0 Å². The molecule has 0 aliphatic carbocycles. The van der Waals surface area contributed by atoms with Crippen LogP contribution in [0.4, 0.5) is 11.4 Å². The number of nitrogens with one attached hydrogen (secondary N) is 2. The van der Waals surface area contributed by atoms with E-state index < -0.39 is 0 Å². The Morgan fingerprint density at radius 1 is 0.969 bits per heavy atom. The van der Waals surface area contributed by atoms with Gasteiger partial charge < -0.3 is 30.0 Å². The van der Waals surface area contributed by atoms with Gasteiger partial charge in [0.2, 0.25) is 0 Å². The molecule has 0 amide bonds. The number of fused-ring (bicyclic) bond motifs is 1. The van der Waals surface area contributed by atoms with Gasteiger partial charge in [-0.25, -0.2) is 0 Å². The molecule has 0 radical (unpaired) electrons. The molecule has 0 bridgehead atoms. The number of aromatic nitrogens is 1. The molecule has 1 aliphatic heterocycles. The molecule has 1 fully saturated rings. The third-order valence-electron chi connectivity index (χ3n) is 5.40. The first-order chi connectivity index (χ1) is 15.7. The highest BCUT2D eigenvalue weighted by Gasteiger charge is 2.27. The highest BCUT2D eigenvalue weighted by Crippen LogP contribution is 2.40. The van der Waals surface area contributed by atoms with E-state index in [1.165, 1.54) is 7.11 Å². The fourth-order valence-electron chi connectivity index (χ4n) is 3.65. The first kappa shape index (κ1) is 20.0. The van der Waals surface area contributed by atoms with Crippen LogP contribution >= 0.6 is 0 Å². The Hall–Kier alpha value is -3.97. The van der Waals surface area contributed by atoms with Gasteiger partial charge in [0.1, 0.15) is 5.75 Å². The number of para-hydroxylation sites is 2. The normalized spacial score (nSPS) is 14.8. The number of rotatable bonds is 7. The summed E-state index contributed by atoms with van der Waals surface area (Å²) in [4.78, 5) is 4.53. The fraction of sp³-hybridized carbons (Fsp3) is 0.160. The minimum Gasteiger partial charge on any atom is -0.504 e. The Labute approximate surface area is 185 Å². The van der Waals surface area contributed by atoms with Crippen LogP contribution in [-0.2, 0) is 0 Å². The first-order valence-corrected chi connectivity index (χ1v) is 10.3. The predicted molar refractivity (Wildman–Crippen MR) is 123 cm³/mol. The van der Waals surface area contributed by atoms with E-state index in [1.54, 1.807) is 13.2 Å². The summed E-state index contributed by atoms with van der Waals surface area (Å²) in [7, 11) is 3.16. The molecular weight excluding hydrogens is 406 g/mol. The molecule has 1 aromatic heterocycles. The number of ether oxygens (including phenoxy) is 3. The van der Waals surface area contributed by atoms with E-state index in [0.29, 0.717) is 28.5 Å². The van der Waals surface area contributed by atoms with E-state index in [-0.39, 0.29) is 11.8 Å². The van der Waals surface area contributed by atoms with Crippen LogP contribution in [0.15, 0.2) is 66.9 Å². The zero-order valence-electron chi connectivity index (χ0n) is 17.8. The fourth-order valence-corrected chi connectivity index (χ4v) is 3.65. The summed E-state index contributed by atoms with van der Waals surface area (Å²) in [5, 5.41) is 17.9. The lowest BCUT2D eigenvalue weighted by Crippen LogP contribution is -2.00. The zero-order valence-corrected chi connectivity index (χ0v) is 17.8. The number of methoxy groups -OCH3 is 2. The maximum atomic E-state index is 10.1. The molecule has 0 spiro atoms. The Balaban J connectivity index is 1.47. The molecule has 3 aromatic carbocycles. The molecule has 162 valence electrons. The van der Waals surface area contributed by atoms with E-state index in [1.807, 2.05) is 60.8 Å². The van der Waals surface area contributed by atoms with E-state index in [4.69, 9.17) is 14.2 Å². The summed E-state index contributed by atoms with van der Waals surface area (Å²) in [5.41, 5.74) is 3.59. The third kappa shape index (κ3) is 3.86. The molecule has 1 saturated heterocycles. The molecule has 1 atom stereocenters. The number of benzene rings is 3. The molecule has 3 N–H and O–H groups in total. The lowest BCUT2D eigenvalue weighted by atomic mass is 10.1. The van der Waals surface area contributed by atoms with Crippen LogP contribution in [0.3, 0.4) is 0 Å². The minimum atomic E-state index is 0.0635. The van der Waals surface area contributed by atoms with Crippen LogP contribution < -0.4 is 24.8 Å². The van der Waals surface area contributed by atoms with Crippen molar-refractivity contribution >= 4 is 22.3 Å². The molecule has 7 heteroatoms. The van der Waals surface area contributed by atoms with E-state index in [2.05, 4.69) is 15.6 Å². The summed E-state index contributed by atoms with van der Waals surface area (Å²) in [5.74, 6) is 2.51. The maximum Gasteiger partial charge on any atom is 0.169 e. The van der Waals surface area contributed by atoms with Crippen molar-refractivity contribution in [3.63, 3.8) is 0 Å². The van der Waals surface area contributed by atoms with Crippen molar-refractivity contribution in [2.75, 3.05) is 26.1 Å². The molecule has 5 rings (SSSR count). The SMILES string of the molecule is COc1cc2c(Nc3ccc(Oc4ccccc4OC)cc3)c(C3CN3)cnc2cc1O. The average Bonchev–Trinajstić information content (AvgIpc) is 3.66. The van der Waals surface area contributed by atoms with E-state index in [0.717, 1.165) is 28.9 Å². The largest absolute Gasteiger partial charge is 0.504 e. The van der Waals surface area contributed by atoms with Crippen LogP contribution in [0.5, 0.6) is 28.7 Å². The van der Waals surface area contributed by atoms with Crippen molar-refractivity contribution in [1.29, 1.82) is 0 Å². The second-order valence-corrected chi connectivity index (χ2v) is 7.49. The molecule has 1 unspecified atom stereocenters. The Bertz CT molecular complexity index is 1270. The summed E-state index contributed by atoms with van der Waals surface area (Å²) < 4.78 is 16.6. The predicted octanol–water partition coefficient (Wildman–Crippen LogP) is 5.14. The van der Waals surface area contributed by atoms with Crippen LogP contribution in [-0.4, -0.2) is 30.9 Å². The summed E-state index contributed by atoms with van der Waals surface area (Å²) in [6.45, 7) is 0.906. The molecule has 32 heavy (non-hydrogen) atoms. The van der Waals surface area contributed by atoms with Gasteiger partial charge in [-0.1, -0.05) is 12.1 Å². The van der Waals surface area contributed by atoms with Crippen LogP contribution in [0.25, 0.3) is 10.9 Å². The van der Waals surface area contributed by atoms with Crippen molar-refractivity contribution in [2.45, 2.75) is 6.04 Å². The van der Waals surface area contributed by atoms with Gasteiger partial charge in [0, 0.05) is 41.5 Å². The molecule has 0 saturated carbocycles. The summed E-state index contributed by atoms with van der Waals surface area (Å²) in [6, 6.07) is 18.9. The number of anilines is 2. The number of hydrogen-bond acceptors (Lipinski definition) is 7. The topological polar surface area (TPSA) is 94.8 Å². The van der Waals surface area contributed by atoms with Gasteiger partial charge in [-0.05, 0) is 42.5 Å². The standard InChI is InChI=1S/C25H23N3O4/c1-30-22-5-3-4-6-23(22)32-16-9-7-15(8-10-16)28-25-17-11-24(31-2)21(29)12-19(17)26-13-18(25)20-14-27-20/h3-13,20,27,29H,14H2,1-2H3,(H,26,28). The molecular formula is C25H23N3O4. The number of nitrogens with zero attached hydrogens (tertiary/aromatic N) is 1. The Morgan fingerprint density at radius 3 is 2.38 bits per heavy atom. The quantitative estimate of drug-likeness (QED) is 0.350. The second kappa shape index (κ2) is 8.28.